The lowest BCUT2D eigenvalue weighted by molar-refractivity contribution is -0.145. The van der Waals surface area contributed by atoms with Crippen LogP contribution >= 0.6 is 0 Å². The predicted molar refractivity (Wildman–Crippen MR) is 64.3 cm³/mol. The summed E-state index contributed by atoms with van der Waals surface area (Å²) in [5, 5.41) is 11.3. The highest BCUT2D eigenvalue weighted by atomic mass is 16.5. The molecule has 1 N–H and O–H groups in total. The Morgan fingerprint density at radius 2 is 2.06 bits per heavy atom. The zero-order valence-corrected chi connectivity index (χ0v) is 9.22. The number of hydrogen-bond donors (Lipinski definition) is 1. The molecule has 0 bridgehead atoms. The van der Waals surface area contributed by atoms with Crippen molar-refractivity contribution < 1.29 is 14.6 Å². The van der Waals surface area contributed by atoms with E-state index in [1.165, 1.54) is 5.39 Å². The number of hydrogen-bond acceptors (Lipinski definition) is 2. The molecular weight excluding hydrogens is 216 g/mol. The molecule has 0 saturated heterocycles. The smallest absolute Gasteiger partial charge is 0.344 e. The first kappa shape index (κ1) is 10.1. The minimum atomic E-state index is -0.885. The summed E-state index contributed by atoms with van der Waals surface area (Å²) in [4.78, 5) is 10.9. The first-order chi connectivity index (χ1) is 8.25. The summed E-state index contributed by atoms with van der Waals surface area (Å²) in [6.07, 6.45) is 0.591. The highest BCUT2D eigenvalue weighted by Gasteiger charge is 2.26. The van der Waals surface area contributed by atoms with Crippen molar-refractivity contribution in [3.8, 4) is 5.75 Å². The number of aliphatic carboxylic acids is 1. The molecule has 3 heteroatoms. The Balaban J connectivity index is 2.11. The monoisotopic (exact) mass is 228 g/mol. The molecule has 0 amide bonds. The van der Waals surface area contributed by atoms with Crippen molar-refractivity contribution >= 4 is 16.7 Å². The Morgan fingerprint density at radius 1 is 1.24 bits per heavy atom. The van der Waals surface area contributed by atoms with E-state index in [-0.39, 0.29) is 0 Å². The normalized spacial score (nSPS) is 18.5. The number of carboxylic acids is 1. The van der Waals surface area contributed by atoms with Gasteiger partial charge >= 0.3 is 5.97 Å². The fourth-order valence-corrected chi connectivity index (χ4v) is 2.35. The van der Waals surface area contributed by atoms with Gasteiger partial charge in [0.25, 0.3) is 0 Å². The third-order valence-corrected chi connectivity index (χ3v) is 3.20. The predicted octanol–water partition coefficient (Wildman–Crippen LogP) is 2.62. The van der Waals surface area contributed by atoms with Gasteiger partial charge in [-0.2, -0.15) is 0 Å². The van der Waals surface area contributed by atoms with Crippen molar-refractivity contribution in [3.63, 3.8) is 0 Å². The molecule has 17 heavy (non-hydrogen) atoms. The van der Waals surface area contributed by atoms with Crippen LogP contribution in [0.1, 0.15) is 12.0 Å². The number of aryl methyl sites for hydroxylation is 1. The lowest BCUT2D eigenvalue weighted by atomic mass is 9.96. The fourth-order valence-electron chi connectivity index (χ4n) is 2.35. The first-order valence-electron chi connectivity index (χ1n) is 5.66. The van der Waals surface area contributed by atoms with E-state index in [9.17, 15) is 4.79 Å². The van der Waals surface area contributed by atoms with Crippen molar-refractivity contribution in [1.82, 2.24) is 0 Å². The van der Waals surface area contributed by atoms with Crippen molar-refractivity contribution in [1.29, 1.82) is 0 Å². The molecule has 0 spiro atoms. The van der Waals surface area contributed by atoms with Gasteiger partial charge in [-0.1, -0.05) is 30.3 Å². The summed E-state index contributed by atoms with van der Waals surface area (Å²) >= 11 is 0. The fraction of sp³-hybridized carbons (Fsp3) is 0.214. The van der Waals surface area contributed by atoms with Crippen LogP contribution in [0.2, 0.25) is 0 Å². The molecule has 1 aliphatic heterocycles. The Kier molecular flexibility index (Phi) is 2.25. The third-order valence-electron chi connectivity index (χ3n) is 3.20. The Bertz CT molecular complexity index is 589. The summed E-state index contributed by atoms with van der Waals surface area (Å²) in [7, 11) is 0. The van der Waals surface area contributed by atoms with E-state index in [0.717, 1.165) is 17.4 Å². The number of ether oxygens (including phenoxy) is 1. The van der Waals surface area contributed by atoms with Crippen LogP contribution in [-0.4, -0.2) is 17.2 Å². The summed E-state index contributed by atoms with van der Waals surface area (Å²) in [6.45, 7) is 0. The van der Waals surface area contributed by atoms with Crippen molar-refractivity contribution in [2.45, 2.75) is 18.9 Å². The molecule has 1 atom stereocenters. The number of carboxylic acid groups (broad SMARTS) is 1. The quantitative estimate of drug-likeness (QED) is 0.816. The van der Waals surface area contributed by atoms with Gasteiger partial charge in [-0.3, -0.25) is 0 Å². The summed E-state index contributed by atoms with van der Waals surface area (Å²) in [6, 6.07) is 11.9. The zero-order valence-electron chi connectivity index (χ0n) is 9.22. The maximum absolute atomic E-state index is 10.9. The molecule has 0 saturated carbocycles. The largest absolute Gasteiger partial charge is 0.479 e. The van der Waals surface area contributed by atoms with E-state index in [4.69, 9.17) is 9.84 Å². The summed E-state index contributed by atoms with van der Waals surface area (Å²) in [5.74, 6) is -0.175. The number of rotatable bonds is 1. The van der Waals surface area contributed by atoms with Gasteiger partial charge in [0.2, 0.25) is 0 Å². The topological polar surface area (TPSA) is 46.5 Å². The van der Waals surface area contributed by atoms with E-state index in [0.29, 0.717) is 12.2 Å². The SMILES string of the molecule is O=C(O)C1CCc2c(ccc3ccccc23)O1. The van der Waals surface area contributed by atoms with Crippen molar-refractivity contribution in [3.05, 3.63) is 42.0 Å². The number of fused-ring (bicyclic) bond motifs is 3. The summed E-state index contributed by atoms with van der Waals surface area (Å²) in [5.41, 5.74) is 1.13. The van der Waals surface area contributed by atoms with Crippen molar-refractivity contribution in [2.24, 2.45) is 0 Å². The molecule has 0 fully saturated rings. The molecule has 1 heterocycles. The Labute approximate surface area is 98.6 Å². The molecule has 2 aromatic rings. The number of carbonyl (C=O) groups is 1. The zero-order chi connectivity index (χ0) is 11.8. The Morgan fingerprint density at radius 3 is 2.88 bits per heavy atom. The standard InChI is InChI=1S/C14H12O3/c15-14(16)13-8-6-11-10-4-2-1-3-9(10)5-7-12(11)17-13/h1-5,7,13H,6,8H2,(H,15,16). The maximum Gasteiger partial charge on any atom is 0.344 e. The highest BCUT2D eigenvalue weighted by Crippen LogP contribution is 2.33. The maximum atomic E-state index is 10.9. The van der Waals surface area contributed by atoms with Gasteiger partial charge in [0, 0.05) is 5.56 Å². The average Bonchev–Trinajstić information content (AvgIpc) is 2.38. The van der Waals surface area contributed by atoms with E-state index in [1.807, 2.05) is 24.3 Å². The van der Waals surface area contributed by atoms with Gasteiger partial charge < -0.3 is 9.84 Å². The van der Waals surface area contributed by atoms with Crippen LogP contribution in [-0.2, 0) is 11.2 Å². The van der Waals surface area contributed by atoms with Crippen LogP contribution in [0.25, 0.3) is 10.8 Å². The van der Waals surface area contributed by atoms with Gasteiger partial charge in [-0.25, -0.2) is 4.79 Å². The molecule has 1 aliphatic rings. The lowest BCUT2D eigenvalue weighted by Crippen LogP contribution is -2.30. The van der Waals surface area contributed by atoms with Gasteiger partial charge in [0.1, 0.15) is 5.75 Å². The first-order valence-corrected chi connectivity index (χ1v) is 5.66. The molecule has 86 valence electrons. The van der Waals surface area contributed by atoms with Gasteiger partial charge in [0.15, 0.2) is 6.10 Å². The third kappa shape index (κ3) is 1.64. The lowest BCUT2D eigenvalue weighted by Gasteiger charge is -2.24. The van der Waals surface area contributed by atoms with Crippen LogP contribution in [0.3, 0.4) is 0 Å². The van der Waals surface area contributed by atoms with E-state index >= 15 is 0 Å². The van der Waals surface area contributed by atoms with Crippen LogP contribution in [0.4, 0.5) is 0 Å². The molecular formula is C14H12O3. The minimum Gasteiger partial charge on any atom is -0.479 e. The molecule has 0 aliphatic carbocycles. The van der Waals surface area contributed by atoms with E-state index < -0.39 is 12.1 Å². The second-order valence-electron chi connectivity index (χ2n) is 4.25. The molecule has 3 rings (SSSR count). The average molecular weight is 228 g/mol. The minimum absolute atomic E-state index is 0.538. The molecule has 0 aromatic heterocycles. The van der Waals surface area contributed by atoms with Gasteiger partial charge in [-0.05, 0) is 29.7 Å². The highest BCUT2D eigenvalue weighted by molar-refractivity contribution is 5.88. The Hall–Kier alpha value is -2.03. The van der Waals surface area contributed by atoms with Gasteiger partial charge in [-0.15, -0.1) is 0 Å². The molecule has 3 nitrogen and oxygen atoms in total. The molecule has 0 radical (unpaired) electrons. The molecule has 1 unspecified atom stereocenters. The summed E-state index contributed by atoms with van der Waals surface area (Å²) < 4.78 is 5.50. The molecule has 2 aromatic carbocycles. The second-order valence-corrected chi connectivity index (χ2v) is 4.25. The van der Waals surface area contributed by atoms with E-state index in [2.05, 4.69) is 12.1 Å². The second kappa shape index (κ2) is 3.77. The van der Waals surface area contributed by atoms with Crippen molar-refractivity contribution in [2.75, 3.05) is 0 Å². The van der Waals surface area contributed by atoms with Crippen LogP contribution in [0.5, 0.6) is 5.75 Å². The van der Waals surface area contributed by atoms with Gasteiger partial charge in [0.05, 0.1) is 0 Å². The van der Waals surface area contributed by atoms with E-state index in [1.54, 1.807) is 0 Å². The number of benzene rings is 2. The van der Waals surface area contributed by atoms with Crippen LogP contribution < -0.4 is 4.74 Å². The van der Waals surface area contributed by atoms with Crippen LogP contribution in [0.15, 0.2) is 36.4 Å². The van der Waals surface area contributed by atoms with Crippen LogP contribution in [0, 0.1) is 0 Å².